The fourth-order valence-electron chi connectivity index (χ4n) is 4.93. The third kappa shape index (κ3) is 4.93. The van der Waals surface area contributed by atoms with Crippen LogP contribution in [-0.4, -0.2) is 15.0 Å². The van der Waals surface area contributed by atoms with Crippen LogP contribution in [0.5, 0.6) is 0 Å². The van der Waals surface area contributed by atoms with E-state index in [9.17, 15) is 5.11 Å². The summed E-state index contributed by atoms with van der Waals surface area (Å²) in [5, 5.41) is 10.1. The van der Waals surface area contributed by atoms with Crippen molar-refractivity contribution in [1.29, 1.82) is 0 Å². The summed E-state index contributed by atoms with van der Waals surface area (Å²) in [4.78, 5) is 7.33. The fraction of sp³-hybridized carbons (Fsp3) is 0.393. The Morgan fingerprint density at radius 2 is 1.91 bits per heavy atom. The minimum Gasteiger partial charge on any atom is -0.392 e. The van der Waals surface area contributed by atoms with E-state index in [1.807, 2.05) is 13.1 Å². The van der Waals surface area contributed by atoms with Crippen LogP contribution in [0.25, 0.3) is 0 Å². The highest BCUT2D eigenvalue weighted by molar-refractivity contribution is 5.35. The van der Waals surface area contributed by atoms with Gasteiger partial charge in [0.25, 0.3) is 0 Å². The molecule has 4 nitrogen and oxygen atoms in total. The largest absolute Gasteiger partial charge is 0.392 e. The molecule has 4 rings (SSSR count). The van der Waals surface area contributed by atoms with Crippen molar-refractivity contribution < 1.29 is 5.11 Å². The van der Waals surface area contributed by atoms with Gasteiger partial charge in [-0.1, -0.05) is 48.5 Å². The first-order valence-corrected chi connectivity index (χ1v) is 11.7. The molecule has 2 unspecified atom stereocenters. The van der Waals surface area contributed by atoms with Gasteiger partial charge in [-0.15, -0.1) is 0 Å². The second-order valence-electron chi connectivity index (χ2n) is 9.26. The molecule has 0 saturated carbocycles. The van der Waals surface area contributed by atoms with Crippen LogP contribution in [-0.2, 0) is 26.1 Å². The predicted molar refractivity (Wildman–Crippen MR) is 130 cm³/mol. The number of nitrogens with two attached hydrogens (primary N) is 1. The molecule has 1 heterocycles. The predicted octanol–water partition coefficient (Wildman–Crippen LogP) is 5.29. The summed E-state index contributed by atoms with van der Waals surface area (Å²) in [6.07, 6.45) is 5.43. The SMILES string of the molecule is Cc1cnc(CN(Cc2ccc(C(C)N)cc2CO)C2CCCc3ccccc32)c(C)c1. The molecule has 32 heavy (non-hydrogen) atoms. The van der Waals surface area contributed by atoms with E-state index in [0.29, 0.717) is 6.04 Å². The molecule has 2 aromatic carbocycles. The van der Waals surface area contributed by atoms with Crippen LogP contribution >= 0.6 is 0 Å². The Morgan fingerprint density at radius 3 is 2.66 bits per heavy atom. The number of rotatable bonds is 7. The molecule has 3 N–H and O–H groups in total. The molecule has 0 bridgehead atoms. The number of hydrogen-bond acceptors (Lipinski definition) is 4. The number of aryl methyl sites for hydroxylation is 3. The van der Waals surface area contributed by atoms with E-state index in [1.54, 1.807) is 0 Å². The fourth-order valence-corrected chi connectivity index (χ4v) is 4.93. The van der Waals surface area contributed by atoms with E-state index >= 15 is 0 Å². The topological polar surface area (TPSA) is 62.4 Å². The van der Waals surface area contributed by atoms with Gasteiger partial charge in [-0.2, -0.15) is 0 Å². The molecule has 0 aliphatic heterocycles. The van der Waals surface area contributed by atoms with Gasteiger partial charge in [-0.25, -0.2) is 0 Å². The highest BCUT2D eigenvalue weighted by Crippen LogP contribution is 2.36. The Kier molecular flexibility index (Phi) is 7.04. The Morgan fingerprint density at radius 1 is 1.09 bits per heavy atom. The standard InChI is InChI=1S/C28H35N3O/c1-19-13-20(2)27(30-15-19)17-31(28-10-6-8-22-7-4-5-9-26(22)28)16-24-12-11-23(21(3)29)14-25(24)18-32/h4-5,7,9,11-15,21,28,32H,6,8,10,16-18,29H2,1-3H3. The molecule has 0 fully saturated rings. The molecule has 0 spiro atoms. The zero-order valence-electron chi connectivity index (χ0n) is 19.5. The Hall–Kier alpha value is -2.53. The van der Waals surface area contributed by atoms with Crippen LogP contribution in [0.15, 0.2) is 54.7 Å². The van der Waals surface area contributed by atoms with Crippen molar-refractivity contribution in [2.24, 2.45) is 5.73 Å². The van der Waals surface area contributed by atoms with Crippen LogP contribution < -0.4 is 5.73 Å². The molecule has 1 aliphatic rings. The van der Waals surface area contributed by atoms with Crippen LogP contribution in [0.4, 0.5) is 0 Å². The van der Waals surface area contributed by atoms with Crippen molar-refractivity contribution >= 4 is 0 Å². The van der Waals surface area contributed by atoms with Crippen molar-refractivity contribution in [3.63, 3.8) is 0 Å². The number of fused-ring (bicyclic) bond motifs is 1. The second kappa shape index (κ2) is 9.95. The maximum absolute atomic E-state index is 10.1. The van der Waals surface area contributed by atoms with E-state index < -0.39 is 0 Å². The quantitative estimate of drug-likeness (QED) is 0.536. The van der Waals surface area contributed by atoms with Gasteiger partial charge in [0.05, 0.1) is 12.3 Å². The summed E-state index contributed by atoms with van der Waals surface area (Å²) in [6, 6.07) is 17.7. The summed E-state index contributed by atoms with van der Waals surface area (Å²) in [6.45, 7) is 7.79. The van der Waals surface area contributed by atoms with Crippen molar-refractivity contribution in [2.75, 3.05) is 0 Å². The molecule has 168 valence electrons. The van der Waals surface area contributed by atoms with E-state index in [-0.39, 0.29) is 12.6 Å². The van der Waals surface area contributed by atoms with Crippen LogP contribution in [0.2, 0.25) is 0 Å². The number of aliphatic hydroxyl groups is 1. The van der Waals surface area contributed by atoms with E-state index in [1.165, 1.54) is 28.7 Å². The lowest BCUT2D eigenvalue weighted by atomic mass is 9.86. The maximum Gasteiger partial charge on any atom is 0.0685 e. The van der Waals surface area contributed by atoms with Crippen LogP contribution in [0.1, 0.15) is 76.5 Å². The minimum absolute atomic E-state index is 0.0206. The Bertz CT molecular complexity index is 1080. The number of aliphatic hydroxyl groups excluding tert-OH is 1. The molecule has 1 aromatic heterocycles. The molecule has 3 aromatic rings. The van der Waals surface area contributed by atoms with E-state index in [4.69, 9.17) is 10.7 Å². The second-order valence-corrected chi connectivity index (χ2v) is 9.26. The third-order valence-electron chi connectivity index (χ3n) is 6.75. The summed E-state index contributed by atoms with van der Waals surface area (Å²) in [5.74, 6) is 0. The minimum atomic E-state index is -0.0462. The number of aromatic nitrogens is 1. The molecule has 0 amide bonds. The lowest BCUT2D eigenvalue weighted by Gasteiger charge is -2.36. The number of benzene rings is 2. The summed E-state index contributed by atoms with van der Waals surface area (Å²) >= 11 is 0. The van der Waals surface area contributed by atoms with Gasteiger partial charge in [-0.3, -0.25) is 9.88 Å². The first-order valence-electron chi connectivity index (χ1n) is 11.7. The first kappa shape index (κ1) is 22.7. The molecular weight excluding hydrogens is 394 g/mol. The number of nitrogens with zero attached hydrogens (tertiary/aromatic N) is 2. The average molecular weight is 430 g/mol. The molecule has 4 heteroatoms. The Labute approximate surface area is 192 Å². The highest BCUT2D eigenvalue weighted by Gasteiger charge is 2.27. The lowest BCUT2D eigenvalue weighted by molar-refractivity contribution is 0.157. The molecular formula is C28H35N3O. The van der Waals surface area contributed by atoms with E-state index in [0.717, 1.165) is 48.3 Å². The van der Waals surface area contributed by atoms with Crippen molar-refractivity contribution in [3.8, 4) is 0 Å². The van der Waals surface area contributed by atoms with Crippen LogP contribution in [0, 0.1) is 13.8 Å². The smallest absolute Gasteiger partial charge is 0.0685 e. The van der Waals surface area contributed by atoms with Crippen molar-refractivity contribution in [3.05, 3.63) is 99.4 Å². The zero-order valence-corrected chi connectivity index (χ0v) is 19.5. The lowest BCUT2D eigenvalue weighted by Crippen LogP contribution is -2.31. The van der Waals surface area contributed by atoms with Gasteiger partial charge >= 0.3 is 0 Å². The monoisotopic (exact) mass is 429 g/mol. The van der Waals surface area contributed by atoms with Gasteiger partial charge in [0.2, 0.25) is 0 Å². The zero-order chi connectivity index (χ0) is 22.7. The molecule has 2 atom stereocenters. The molecule has 1 aliphatic carbocycles. The number of pyridine rings is 1. The third-order valence-corrected chi connectivity index (χ3v) is 6.75. The Balaban J connectivity index is 1.72. The van der Waals surface area contributed by atoms with Gasteiger partial charge in [0.15, 0.2) is 0 Å². The normalized spacial score (nSPS) is 16.8. The van der Waals surface area contributed by atoms with Crippen LogP contribution in [0.3, 0.4) is 0 Å². The van der Waals surface area contributed by atoms with Gasteiger partial charge < -0.3 is 10.8 Å². The van der Waals surface area contributed by atoms with Gasteiger partial charge in [0, 0.05) is 31.4 Å². The summed E-state index contributed by atoms with van der Waals surface area (Å²) in [7, 11) is 0. The van der Waals surface area contributed by atoms with Crippen molar-refractivity contribution in [2.45, 2.75) is 71.8 Å². The molecule has 0 radical (unpaired) electrons. The number of hydrogen-bond donors (Lipinski definition) is 2. The van der Waals surface area contributed by atoms with Crippen molar-refractivity contribution in [1.82, 2.24) is 9.88 Å². The summed E-state index contributed by atoms with van der Waals surface area (Å²) in [5.41, 5.74) is 15.7. The average Bonchev–Trinajstić information content (AvgIpc) is 2.80. The highest BCUT2D eigenvalue weighted by atomic mass is 16.3. The maximum atomic E-state index is 10.1. The summed E-state index contributed by atoms with van der Waals surface area (Å²) < 4.78 is 0. The first-order chi connectivity index (χ1) is 15.5. The van der Waals surface area contributed by atoms with E-state index in [2.05, 4.69) is 67.3 Å². The molecule has 0 saturated heterocycles. The van der Waals surface area contributed by atoms with Gasteiger partial charge in [0.1, 0.15) is 0 Å². The van der Waals surface area contributed by atoms with Gasteiger partial charge in [-0.05, 0) is 79.0 Å².